The molecule has 0 aliphatic carbocycles. The van der Waals surface area contributed by atoms with Gasteiger partial charge in [0.1, 0.15) is 10.7 Å². The van der Waals surface area contributed by atoms with Crippen molar-refractivity contribution in [3.8, 4) is 5.69 Å². The maximum atomic E-state index is 12.4. The van der Waals surface area contributed by atoms with E-state index in [1.54, 1.807) is 18.2 Å². The van der Waals surface area contributed by atoms with E-state index in [2.05, 4.69) is 5.32 Å². The van der Waals surface area contributed by atoms with Gasteiger partial charge in [0.05, 0.1) is 16.8 Å². The van der Waals surface area contributed by atoms with Crippen molar-refractivity contribution in [2.45, 2.75) is 0 Å². The van der Waals surface area contributed by atoms with E-state index >= 15 is 0 Å². The number of thiophene rings is 1. The maximum Gasteiger partial charge on any atom is 0.345 e. The fourth-order valence-electron chi connectivity index (χ4n) is 2.82. The molecular formula is C16H9N3O5S. The number of carbonyl (C=O) groups excluding carboxylic acids is 2. The number of nitrogen functional groups attached to an aromatic ring is 1. The Balaban J connectivity index is 1.96. The lowest BCUT2D eigenvalue weighted by Gasteiger charge is -2.11. The molecule has 4 rings (SSSR count). The number of carbonyl (C=O) groups is 3. The molecule has 1 aliphatic heterocycles. The number of aromatic nitrogens is 1. The number of fused-ring (bicyclic) bond motifs is 2. The van der Waals surface area contributed by atoms with E-state index in [1.807, 2.05) is 0 Å². The Labute approximate surface area is 143 Å². The van der Waals surface area contributed by atoms with Gasteiger partial charge in [0.25, 0.3) is 17.4 Å². The fraction of sp³-hybridized carbons (Fsp3) is 0. The van der Waals surface area contributed by atoms with Crippen molar-refractivity contribution in [2.24, 2.45) is 0 Å². The average molecular weight is 355 g/mol. The van der Waals surface area contributed by atoms with E-state index in [4.69, 9.17) is 10.8 Å². The predicted molar refractivity (Wildman–Crippen MR) is 90.6 cm³/mol. The van der Waals surface area contributed by atoms with Crippen LogP contribution in [0.5, 0.6) is 0 Å². The monoisotopic (exact) mass is 355 g/mol. The number of amides is 2. The SMILES string of the molecule is Nc1c2c(cc(=O)n1-c1ccc3sc(C(=O)O)cc3c1)C(=O)NC2=O. The van der Waals surface area contributed by atoms with Gasteiger partial charge in [-0.2, -0.15) is 0 Å². The number of benzene rings is 1. The topological polar surface area (TPSA) is 131 Å². The van der Waals surface area contributed by atoms with Crippen molar-refractivity contribution in [2.75, 3.05) is 5.73 Å². The van der Waals surface area contributed by atoms with Gasteiger partial charge in [0.2, 0.25) is 0 Å². The lowest BCUT2D eigenvalue weighted by atomic mass is 10.1. The molecule has 4 N–H and O–H groups in total. The Morgan fingerprint density at radius 1 is 1.12 bits per heavy atom. The van der Waals surface area contributed by atoms with Gasteiger partial charge < -0.3 is 10.8 Å². The number of hydrogen-bond acceptors (Lipinski definition) is 6. The molecule has 2 amide bonds. The third-order valence-electron chi connectivity index (χ3n) is 3.92. The van der Waals surface area contributed by atoms with Crippen LogP contribution < -0.4 is 16.6 Å². The van der Waals surface area contributed by atoms with Gasteiger partial charge in [0.15, 0.2) is 0 Å². The third kappa shape index (κ3) is 2.13. The first-order chi connectivity index (χ1) is 11.9. The van der Waals surface area contributed by atoms with Crippen LogP contribution in [-0.4, -0.2) is 27.5 Å². The molecule has 2 aromatic heterocycles. The molecule has 0 spiro atoms. The van der Waals surface area contributed by atoms with E-state index in [-0.39, 0.29) is 21.8 Å². The number of carboxylic acids is 1. The lowest BCUT2D eigenvalue weighted by molar-refractivity contribution is 0.0701. The van der Waals surface area contributed by atoms with Gasteiger partial charge in [-0.05, 0) is 29.7 Å². The number of nitrogens with zero attached hydrogens (tertiary/aromatic N) is 1. The molecule has 0 saturated heterocycles. The molecule has 9 heteroatoms. The summed E-state index contributed by atoms with van der Waals surface area (Å²) in [6, 6.07) is 7.44. The van der Waals surface area contributed by atoms with Crippen molar-refractivity contribution < 1.29 is 19.5 Å². The first kappa shape index (κ1) is 15.1. The van der Waals surface area contributed by atoms with Crippen LogP contribution in [0.2, 0.25) is 0 Å². The minimum atomic E-state index is -1.04. The zero-order valence-corrected chi connectivity index (χ0v) is 13.2. The number of nitrogens with two attached hydrogens (primary N) is 1. The molecule has 0 saturated carbocycles. The van der Waals surface area contributed by atoms with Crippen LogP contribution in [-0.2, 0) is 0 Å². The van der Waals surface area contributed by atoms with E-state index in [1.165, 1.54) is 6.07 Å². The molecule has 0 bridgehead atoms. The van der Waals surface area contributed by atoms with Crippen molar-refractivity contribution in [1.29, 1.82) is 0 Å². The number of pyridine rings is 1. The van der Waals surface area contributed by atoms with Crippen LogP contribution in [0.1, 0.15) is 30.4 Å². The Morgan fingerprint density at radius 2 is 1.88 bits per heavy atom. The van der Waals surface area contributed by atoms with Crippen LogP contribution in [0.25, 0.3) is 15.8 Å². The Hall–Kier alpha value is -3.46. The molecular weight excluding hydrogens is 346 g/mol. The van der Waals surface area contributed by atoms with Crippen LogP contribution in [0, 0.1) is 0 Å². The molecule has 3 aromatic rings. The van der Waals surface area contributed by atoms with Gasteiger partial charge >= 0.3 is 5.97 Å². The number of imide groups is 1. The molecule has 3 heterocycles. The summed E-state index contributed by atoms with van der Waals surface area (Å²) in [5.74, 6) is -2.49. The molecule has 124 valence electrons. The van der Waals surface area contributed by atoms with E-state index in [0.29, 0.717) is 11.1 Å². The summed E-state index contributed by atoms with van der Waals surface area (Å²) in [6.45, 7) is 0. The molecule has 25 heavy (non-hydrogen) atoms. The Bertz CT molecular complexity index is 1170. The number of hydrogen-bond donors (Lipinski definition) is 3. The zero-order valence-electron chi connectivity index (χ0n) is 12.4. The summed E-state index contributed by atoms with van der Waals surface area (Å²) in [5, 5.41) is 11.8. The average Bonchev–Trinajstić information content (AvgIpc) is 3.08. The normalized spacial score (nSPS) is 13.1. The first-order valence-corrected chi connectivity index (χ1v) is 7.87. The van der Waals surface area contributed by atoms with Crippen molar-refractivity contribution in [3.05, 3.63) is 56.7 Å². The molecule has 1 aromatic carbocycles. The molecule has 0 unspecified atom stereocenters. The third-order valence-corrected chi connectivity index (χ3v) is 5.03. The number of carboxylic acid groups (broad SMARTS) is 1. The highest BCUT2D eigenvalue weighted by Gasteiger charge is 2.31. The highest BCUT2D eigenvalue weighted by Crippen LogP contribution is 2.29. The van der Waals surface area contributed by atoms with Crippen LogP contribution >= 0.6 is 11.3 Å². The van der Waals surface area contributed by atoms with Gasteiger partial charge in [-0.3, -0.25) is 24.3 Å². The smallest absolute Gasteiger partial charge is 0.345 e. The molecule has 0 atom stereocenters. The summed E-state index contributed by atoms with van der Waals surface area (Å²) < 4.78 is 1.86. The number of nitrogens with one attached hydrogen (secondary N) is 1. The van der Waals surface area contributed by atoms with Gasteiger partial charge in [-0.1, -0.05) is 0 Å². The minimum absolute atomic E-state index is 0.0405. The summed E-state index contributed by atoms with van der Waals surface area (Å²) in [4.78, 5) is 47.2. The summed E-state index contributed by atoms with van der Waals surface area (Å²) in [6.07, 6.45) is 0. The van der Waals surface area contributed by atoms with Crippen molar-refractivity contribution in [1.82, 2.24) is 9.88 Å². The standard InChI is InChI=1S/C16H9N3O5S/c17-13-12-8(14(21)18-15(12)22)5-11(20)19(13)7-1-2-9-6(3-7)4-10(25-9)16(23)24/h1-5H,17H2,(H,23,24)(H,18,21,22). The van der Waals surface area contributed by atoms with Crippen LogP contribution in [0.15, 0.2) is 35.1 Å². The molecule has 0 fully saturated rings. The van der Waals surface area contributed by atoms with Crippen molar-refractivity contribution >= 4 is 45.0 Å². The van der Waals surface area contributed by atoms with E-state index in [9.17, 15) is 19.2 Å². The molecule has 0 radical (unpaired) electrons. The Kier molecular flexibility index (Phi) is 3.03. The van der Waals surface area contributed by atoms with Crippen molar-refractivity contribution in [3.63, 3.8) is 0 Å². The summed E-state index contributed by atoms with van der Waals surface area (Å²) in [5.41, 5.74) is 5.70. The highest BCUT2D eigenvalue weighted by atomic mass is 32.1. The zero-order chi connectivity index (χ0) is 17.9. The van der Waals surface area contributed by atoms with E-state index < -0.39 is 23.3 Å². The largest absolute Gasteiger partial charge is 0.477 e. The lowest BCUT2D eigenvalue weighted by Crippen LogP contribution is -2.24. The van der Waals surface area contributed by atoms with Gasteiger partial charge in [0, 0.05) is 10.8 Å². The second-order valence-electron chi connectivity index (χ2n) is 5.41. The quantitative estimate of drug-likeness (QED) is 0.592. The number of rotatable bonds is 2. The number of anilines is 1. The van der Waals surface area contributed by atoms with Gasteiger partial charge in [-0.25, -0.2) is 4.79 Å². The van der Waals surface area contributed by atoms with E-state index in [0.717, 1.165) is 26.7 Å². The summed E-state index contributed by atoms with van der Waals surface area (Å²) >= 11 is 1.11. The first-order valence-electron chi connectivity index (χ1n) is 7.05. The maximum absolute atomic E-state index is 12.4. The predicted octanol–water partition coefficient (Wildman–Crippen LogP) is 1.22. The minimum Gasteiger partial charge on any atom is -0.477 e. The van der Waals surface area contributed by atoms with Crippen LogP contribution in [0.3, 0.4) is 0 Å². The Morgan fingerprint density at radius 3 is 2.60 bits per heavy atom. The second kappa shape index (κ2) is 5.02. The second-order valence-corrected chi connectivity index (χ2v) is 6.50. The molecule has 1 aliphatic rings. The van der Waals surface area contributed by atoms with Crippen LogP contribution in [0.4, 0.5) is 5.82 Å². The van der Waals surface area contributed by atoms with Gasteiger partial charge in [-0.15, -0.1) is 11.3 Å². The fourth-order valence-corrected chi connectivity index (χ4v) is 3.70. The summed E-state index contributed by atoms with van der Waals surface area (Å²) in [7, 11) is 0. The highest BCUT2D eigenvalue weighted by molar-refractivity contribution is 7.20. The number of aromatic carboxylic acids is 1. The molecule has 8 nitrogen and oxygen atoms in total.